The Morgan fingerprint density at radius 2 is 2.21 bits per heavy atom. The van der Waals surface area contributed by atoms with E-state index in [9.17, 15) is 0 Å². The van der Waals surface area contributed by atoms with Crippen LogP contribution < -0.4 is 5.32 Å². The van der Waals surface area contributed by atoms with Gasteiger partial charge in [-0.25, -0.2) is 0 Å². The van der Waals surface area contributed by atoms with Crippen LogP contribution in [0.2, 0.25) is 5.22 Å². The van der Waals surface area contributed by atoms with Gasteiger partial charge in [-0.1, -0.05) is 31.2 Å². The van der Waals surface area contributed by atoms with E-state index in [0.717, 1.165) is 18.5 Å². The summed E-state index contributed by atoms with van der Waals surface area (Å²) in [7, 11) is 0. The summed E-state index contributed by atoms with van der Waals surface area (Å²) >= 11 is 6.11. The first-order chi connectivity index (χ1) is 9.29. The van der Waals surface area contributed by atoms with Crippen molar-refractivity contribution in [1.82, 2.24) is 5.32 Å². The predicted octanol–water partition coefficient (Wildman–Crippen LogP) is 4.31. The van der Waals surface area contributed by atoms with Crippen LogP contribution in [-0.4, -0.2) is 6.54 Å². The largest absolute Gasteiger partial charge is 0.453 e. The zero-order valence-electron chi connectivity index (χ0n) is 11.0. The van der Waals surface area contributed by atoms with Gasteiger partial charge in [-0.2, -0.15) is 0 Å². The fourth-order valence-electron chi connectivity index (χ4n) is 2.98. The van der Waals surface area contributed by atoms with Crippen molar-refractivity contribution >= 4 is 11.6 Å². The molecule has 0 fully saturated rings. The Morgan fingerprint density at radius 3 is 2.89 bits per heavy atom. The number of rotatable bonds is 5. The Bertz CT molecular complexity index is 563. The van der Waals surface area contributed by atoms with Gasteiger partial charge in [0.15, 0.2) is 5.22 Å². The summed E-state index contributed by atoms with van der Waals surface area (Å²) in [6, 6.07) is 10.9. The molecule has 0 saturated carbocycles. The number of halogens is 1. The molecule has 0 aliphatic heterocycles. The Balaban J connectivity index is 1.76. The predicted molar refractivity (Wildman–Crippen MR) is 77.6 cm³/mol. The van der Waals surface area contributed by atoms with Gasteiger partial charge in [-0.3, -0.25) is 0 Å². The van der Waals surface area contributed by atoms with Crippen molar-refractivity contribution < 1.29 is 4.42 Å². The summed E-state index contributed by atoms with van der Waals surface area (Å²) in [5.74, 6) is 0.631. The lowest BCUT2D eigenvalue weighted by Gasteiger charge is -2.33. The fraction of sp³-hybridized carbons (Fsp3) is 0.375. The van der Waals surface area contributed by atoms with Gasteiger partial charge in [0, 0.05) is 11.6 Å². The van der Waals surface area contributed by atoms with E-state index in [4.69, 9.17) is 16.0 Å². The molecule has 2 nitrogen and oxygen atoms in total. The van der Waals surface area contributed by atoms with Crippen LogP contribution in [-0.2, 0) is 6.42 Å². The summed E-state index contributed by atoms with van der Waals surface area (Å²) in [5, 5.41) is 4.02. The van der Waals surface area contributed by atoms with E-state index in [0.29, 0.717) is 11.1 Å². The van der Waals surface area contributed by atoms with Gasteiger partial charge in [0.05, 0.1) is 6.26 Å². The van der Waals surface area contributed by atoms with Gasteiger partial charge in [0.25, 0.3) is 0 Å². The number of hydrogen-bond donors (Lipinski definition) is 1. The molecule has 0 spiro atoms. The van der Waals surface area contributed by atoms with Gasteiger partial charge < -0.3 is 9.73 Å². The van der Waals surface area contributed by atoms with Crippen LogP contribution in [0.15, 0.2) is 41.0 Å². The molecule has 100 valence electrons. The first kappa shape index (κ1) is 12.8. The molecular formula is C16H18ClNO. The van der Waals surface area contributed by atoms with Gasteiger partial charge in [0.2, 0.25) is 0 Å². The van der Waals surface area contributed by atoms with Crippen LogP contribution in [0.4, 0.5) is 0 Å². The first-order valence-corrected chi connectivity index (χ1v) is 7.21. The molecule has 1 aliphatic rings. The lowest BCUT2D eigenvalue weighted by Crippen LogP contribution is -2.27. The monoisotopic (exact) mass is 275 g/mol. The Kier molecular flexibility index (Phi) is 3.63. The summed E-state index contributed by atoms with van der Waals surface area (Å²) in [6.07, 6.45) is 3.91. The van der Waals surface area contributed by atoms with Crippen LogP contribution in [0.3, 0.4) is 0 Å². The van der Waals surface area contributed by atoms with Crippen molar-refractivity contribution in [2.75, 3.05) is 6.54 Å². The molecule has 3 heteroatoms. The molecule has 1 aliphatic carbocycles. The maximum atomic E-state index is 6.11. The molecule has 0 saturated heterocycles. The number of furan rings is 1. The average Bonchev–Trinajstić information content (AvgIpc) is 2.81. The Hall–Kier alpha value is -1.25. The molecule has 2 atom stereocenters. The van der Waals surface area contributed by atoms with Crippen molar-refractivity contribution in [1.29, 1.82) is 0 Å². The van der Waals surface area contributed by atoms with Crippen molar-refractivity contribution in [3.05, 3.63) is 58.5 Å². The van der Waals surface area contributed by atoms with Crippen LogP contribution in [0.25, 0.3) is 0 Å². The number of hydrogen-bond acceptors (Lipinski definition) is 2. The van der Waals surface area contributed by atoms with E-state index >= 15 is 0 Å². The lowest BCUT2D eigenvalue weighted by atomic mass is 9.74. The highest BCUT2D eigenvalue weighted by molar-refractivity contribution is 6.29. The van der Waals surface area contributed by atoms with E-state index < -0.39 is 0 Å². The topological polar surface area (TPSA) is 25.2 Å². The highest BCUT2D eigenvalue weighted by Gasteiger charge is 2.29. The summed E-state index contributed by atoms with van der Waals surface area (Å²) in [6.45, 7) is 3.05. The van der Waals surface area contributed by atoms with E-state index in [2.05, 4.69) is 36.5 Å². The fourth-order valence-corrected chi connectivity index (χ4v) is 3.22. The van der Waals surface area contributed by atoms with Crippen molar-refractivity contribution in [3.8, 4) is 0 Å². The van der Waals surface area contributed by atoms with Gasteiger partial charge in [-0.15, -0.1) is 0 Å². The normalized spacial score (nSPS) is 18.7. The van der Waals surface area contributed by atoms with Crippen molar-refractivity contribution in [2.24, 2.45) is 0 Å². The summed E-state index contributed by atoms with van der Waals surface area (Å²) in [5.41, 5.74) is 4.05. The molecule has 1 aromatic carbocycles. The Labute approximate surface area is 118 Å². The first-order valence-electron chi connectivity index (χ1n) is 6.83. The van der Waals surface area contributed by atoms with Gasteiger partial charge >= 0.3 is 0 Å². The minimum Gasteiger partial charge on any atom is -0.453 e. The van der Waals surface area contributed by atoms with Crippen molar-refractivity contribution in [3.63, 3.8) is 0 Å². The molecule has 0 bridgehead atoms. The second kappa shape index (κ2) is 5.40. The zero-order valence-corrected chi connectivity index (χ0v) is 11.8. The third kappa shape index (κ3) is 2.43. The van der Waals surface area contributed by atoms with E-state index in [1.54, 1.807) is 6.26 Å². The molecule has 3 rings (SSSR count). The minimum atomic E-state index is 0.273. The van der Waals surface area contributed by atoms with Gasteiger partial charge in [-0.05, 0) is 54.1 Å². The lowest BCUT2D eigenvalue weighted by molar-refractivity contribution is 0.432. The molecule has 19 heavy (non-hydrogen) atoms. The second-order valence-corrected chi connectivity index (χ2v) is 5.44. The van der Waals surface area contributed by atoms with Crippen LogP contribution in [0, 0.1) is 0 Å². The Morgan fingerprint density at radius 1 is 1.37 bits per heavy atom. The summed E-state index contributed by atoms with van der Waals surface area (Å²) < 4.78 is 5.22. The highest BCUT2D eigenvalue weighted by Crippen LogP contribution is 2.41. The third-order valence-corrected chi connectivity index (χ3v) is 4.26. The smallest absolute Gasteiger partial charge is 0.197 e. The van der Waals surface area contributed by atoms with Crippen LogP contribution in [0.5, 0.6) is 0 Å². The molecule has 1 N–H and O–H groups in total. The number of nitrogens with one attached hydrogen (secondary N) is 1. The SMILES string of the molecule is CCNC(CC1Cc2ccccc21)c1ccoc1Cl. The second-order valence-electron chi connectivity index (χ2n) is 5.10. The highest BCUT2D eigenvalue weighted by atomic mass is 35.5. The molecule has 2 aromatic rings. The molecule has 2 unspecified atom stereocenters. The standard InChI is InChI=1S/C16H18ClNO/c1-2-18-15(14-7-8-19-16(14)17)10-12-9-11-5-3-4-6-13(11)12/h3-8,12,15,18H,2,9-10H2,1H3. The minimum absolute atomic E-state index is 0.273. The van der Waals surface area contributed by atoms with Crippen molar-refractivity contribution in [2.45, 2.75) is 31.7 Å². The van der Waals surface area contributed by atoms with E-state index in [1.807, 2.05) is 6.07 Å². The maximum absolute atomic E-state index is 6.11. The van der Waals surface area contributed by atoms with Crippen LogP contribution >= 0.6 is 11.6 Å². The van der Waals surface area contributed by atoms with Gasteiger partial charge in [0.1, 0.15) is 0 Å². The molecule has 1 heterocycles. The molecule has 1 aromatic heterocycles. The molecule has 0 radical (unpaired) electrons. The maximum Gasteiger partial charge on any atom is 0.197 e. The molecule has 0 amide bonds. The number of benzene rings is 1. The van der Waals surface area contributed by atoms with E-state index in [-0.39, 0.29) is 6.04 Å². The molecular weight excluding hydrogens is 258 g/mol. The number of fused-ring (bicyclic) bond motifs is 1. The quantitative estimate of drug-likeness (QED) is 0.879. The summed E-state index contributed by atoms with van der Waals surface area (Å²) in [4.78, 5) is 0. The zero-order chi connectivity index (χ0) is 13.2. The third-order valence-electron chi connectivity index (χ3n) is 3.95. The van der Waals surface area contributed by atoms with E-state index in [1.165, 1.54) is 17.5 Å². The average molecular weight is 276 g/mol. The van der Waals surface area contributed by atoms with Crippen LogP contribution in [0.1, 0.15) is 42.0 Å².